The molecule has 27 heteroatoms. The minimum Gasteiger partial charge on any atom is -0.312 e. The standard InChI is InChI=1S/4C3H9O3P.2ClHO4.Cu/c4*1-5-7(3,4)6-2;2*2-1(3,4)5;/h4*1-3H3;2*(H,2,3,4,5);/q;;;;;;+2/p-2. The van der Waals surface area contributed by atoms with Crippen LogP contribution in [0.5, 0.6) is 0 Å². The summed E-state index contributed by atoms with van der Waals surface area (Å²) in [6.45, 7) is 5.64. The van der Waals surface area contributed by atoms with Gasteiger partial charge in [0.15, 0.2) is 0 Å². The van der Waals surface area contributed by atoms with Crippen LogP contribution in [0.3, 0.4) is 0 Å². The fraction of sp³-hybridized carbons (Fsp3) is 1.00. The van der Waals surface area contributed by atoms with Crippen LogP contribution in [0.15, 0.2) is 0 Å². The van der Waals surface area contributed by atoms with E-state index in [0.29, 0.717) is 0 Å². The SMILES string of the molecule is COP(C)(=O)OC.COP(C)(=O)OC.COP(C)(=O)OC.COP(C)(=O)OC.[Cu+2].[O-][Cl+3]([O-])([O-])[O-].[O-][Cl+3]([O-])([O-])[O-]. The molecule has 0 aliphatic carbocycles. The third-order valence-corrected chi connectivity index (χ3v) is 7.96. The summed E-state index contributed by atoms with van der Waals surface area (Å²) in [4.78, 5) is 0. The van der Waals surface area contributed by atoms with Gasteiger partial charge < -0.3 is 36.2 Å². The van der Waals surface area contributed by atoms with Crippen LogP contribution in [-0.4, -0.2) is 83.5 Å². The average Bonchev–Trinajstić information content (AvgIpc) is 2.78. The summed E-state index contributed by atoms with van der Waals surface area (Å²) in [7, 11) is -9.69. The van der Waals surface area contributed by atoms with Crippen LogP contribution in [0, 0.1) is 20.5 Å². The largest absolute Gasteiger partial charge is 2.00 e. The Kier molecular flexibility index (Phi) is 40.6. The van der Waals surface area contributed by atoms with Crippen LogP contribution < -0.4 is 37.3 Å². The van der Waals surface area contributed by atoms with E-state index in [-0.39, 0.29) is 17.1 Å². The van der Waals surface area contributed by atoms with Crippen LogP contribution >= 0.6 is 30.4 Å². The summed E-state index contributed by atoms with van der Waals surface area (Å²) in [5.41, 5.74) is 0. The third kappa shape index (κ3) is 85.4. The predicted octanol–water partition coefficient (Wildman–Crippen LogP) is -5.11. The van der Waals surface area contributed by atoms with Gasteiger partial charge in [0.05, 0.1) is 0 Å². The monoisotopic (exact) mass is 757 g/mol. The molecule has 0 atom stereocenters. The zero-order valence-electron chi connectivity index (χ0n) is 23.0. The van der Waals surface area contributed by atoms with Crippen LogP contribution in [0.1, 0.15) is 0 Å². The Balaban J connectivity index is -0.0000000631. The van der Waals surface area contributed by atoms with Crippen molar-refractivity contribution in [2.24, 2.45) is 0 Å². The molecule has 249 valence electrons. The summed E-state index contributed by atoms with van der Waals surface area (Å²) in [5.74, 6) is 0. The first-order chi connectivity index (χ1) is 16.5. The smallest absolute Gasteiger partial charge is 0.312 e. The van der Waals surface area contributed by atoms with Gasteiger partial charge >= 0.3 is 47.5 Å². The summed E-state index contributed by atoms with van der Waals surface area (Å²) < 4.78 is 145. The van der Waals surface area contributed by atoms with E-state index in [4.69, 9.17) is 37.3 Å². The molecule has 0 aromatic carbocycles. The number of rotatable bonds is 8. The Labute approximate surface area is 242 Å². The van der Waals surface area contributed by atoms with Gasteiger partial charge in [0, 0.05) is 83.5 Å². The van der Waals surface area contributed by atoms with Crippen molar-refractivity contribution < 1.29 is 129 Å². The molecule has 0 spiro atoms. The molecular formula is C12H36Cl2CuO20P4. The summed E-state index contributed by atoms with van der Waals surface area (Å²) >= 11 is 0. The first-order valence-corrected chi connectivity index (χ1v) is 18.9. The van der Waals surface area contributed by atoms with E-state index in [1.807, 2.05) is 0 Å². The normalized spacial score (nSPS) is 11.6. The first-order valence-electron chi connectivity index (χ1n) is 8.48. The second-order valence-corrected chi connectivity index (χ2v) is 15.9. The Morgan fingerprint density at radius 3 is 0.410 bits per heavy atom. The van der Waals surface area contributed by atoms with Gasteiger partial charge in [-0.25, -0.2) is 37.3 Å². The Bertz CT molecular complexity index is 580. The molecule has 0 saturated heterocycles. The number of hydrogen-bond acceptors (Lipinski definition) is 20. The summed E-state index contributed by atoms with van der Waals surface area (Å²) in [6, 6.07) is 0. The van der Waals surface area contributed by atoms with Gasteiger partial charge in [-0.05, 0) is 0 Å². The van der Waals surface area contributed by atoms with Crippen molar-refractivity contribution >= 4 is 30.4 Å². The molecule has 39 heavy (non-hydrogen) atoms. The van der Waals surface area contributed by atoms with E-state index in [0.717, 1.165) is 0 Å². The van der Waals surface area contributed by atoms with Crippen molar-refractivity contribution in [1.82, 2.24) is 0 Å². The van der Waals surface area contributed by atoms with E-state index in [9.17, 15) is 18.3 Å². The van der Waals surface area contributed by atoms with Crippen LogP contribution in [0.2, 0.25) is 0 Å². The molecule has 1 radical (unpaired) electrons. The molecule has 0 bridgehead atoms. The summed E-state index contributed by atoms with van der Waals surface area (Å²) in [6.07, 6.45) is 0. The molecule has 0 saturated carbocycles. The average molecular weight is 759 g/mol. The minimum atomic E-state index is -4.94. The summed E-state index contributed by atoms with van der Waals surface area (Å²) in [5, 5.41) is 0. The van der Waals surface area contributed by atoms with E-state index in [1.54, 1.807) is 0 Å². The molecular weight excluding hydrogens is 722 g/mol. The Hall–Kier alpha value is 1.38. The zero-order chi connectivity index (χ0) is 32.7. The van der Waals surface area contributed by atoms with Gasteiger partial charge in [0.25, 0.3) is 0 Å². The molecule has 0 aliphatic heterocycles. The molecule has 0 amide bonds. The molecule has 0 rings (SSSR count). The van der Waals surface area contributed by atoms with Gasteiger partial charge in [0.2, 0.25) is 0 Å². The topological polar surface area (TPSA) is 327 Å². The van der Waals surface area contributed by atoms with Gasteiger partial charge in [-0.2, -0.15) is 0 Å². The van der Waals surface area contributed by atoms with E-state index in [1.165, 1.54) is 83.5 Å². The van der Waals surface area contributed by atoms with Crippen LogP contribution in [0.25, 0.3) is 0 Å². The molecule has 0 aromatic heterocycles. The Morgan fingerprint density at radius 2 is 0.410 bits per heavy atom. The molecule has 0 fully saturated rings. The van der Waals surface area contributed by atoms with Gasteiger partial charge in [-0.3, -0.25) is 18.3 Å². The van der Waals surface area contributed by atoms with Crippen molar-refractivity contribution in [2.45, 2.75) is 0 Å². The first kappa shape index (κ1) is 56.2. The zero-order valence-corrected chi connectivity index (χ0v) is 29.0. The van der Waals surface area contributed by atoms with Gasteiger partial charge in [0.1, 0.15) is 0 Å². The second kappa shape index (κ2) is 28.2. The third-order valence-electron chi connectivity index (χ3n) is 2.65. The maximum atomic E-state index is 10.5. The van der Waals surface area contributed by atoms with E-state index < -0.39 is 50.9 Å². The van der Waals surface area contributed by atoms with E-state index in [2.05, 4.69) is 36.2 Å². The van der Waals surface area contributed by atoms with Gasteiger partial charge in [-0.1, -0.05) is 0 Å². The fourth-order valence-electron chi connectivity index (χ4n) is 0.298. The van der Waals surface area contributed by atoms with Crippen molar-refractivity contribution in [3.8, 4) is 0 Å². The number of hydrogen-bond donors (Lipinski definition) is 0. The Morgan fingerprint density at radius 1 is 0.359 bits per heavy atom. The van der Waals surface area contributed by atoms with Crippen LogP contribution in [-0.2, 0) is 71.5 Å². The van der Waals surface area contributed by atoms with Crippen molar-refractivity contribution in [3.63, 3.8) is 0 Å². The second-order valence-electron chi connectivity index (χ2n) is 5.30. The van der Waals surface area contributed by atoms with Gasteiger partial charge in [-0.15, -0.1) is 20.5 Å². The van der Waals surface area contributed by atoms with Crippen molar-refractivity contribution in [1.29, 1.82) is 0 Å². The van der Waals surface area contributed by atoms with E-state index >= 15 is 0 Å². The number of halogens is 2. The van der Waals surface area contributed by atoms with Crippen molar-refractivity contribution in [2.75, 3.05) is 83.5 Å². The van der Waals surface area contributed by atoms with Crippen molar-refractivity contribution in [3.05, 3.63) is 0 Å². The van der Waals surface area contributed by atoms with Crippen LogP contribution in [0.4, 0.5) is 0 Å². The molecule has 0 N–H and O–H groups in total. The molecule has 0 aromatic rings. The fourth-order valence-corrected chi connectivity index (χ4v) is 0.894. The maximum absolute atomic E-state index is 10.5. The molecule has 0 aliphatic rings. The molecule has 20 nitrogen and oxygen atoms in total. The quantitative estimate of drug-likeness (QED) is 0.165. The molecule has 0 heterocycles. The predicted molar refractivity (Wildman–Crippen MR) is 110 cm³/mol. The minimum absolute atomic E-state index is 0. The molecule has 0 unspecified atom stereocenters. The maximum Gasteiger partial charge on any atom is 2.00 e.